The summed E-state index contributed by atoms with van der Waals surface area (Å²) in [5, 5.41) is 14.9. The number of nitrogens with zero attached hydrogens (tertiary/aromatic N) is 1. The lowest BCUT2D eigenvalue weighted by atomic mass is 9.96. The predicted octanol–water partition coefficient (Wildman–Crippen LogP) is 4.00. The van der Waals surface area contributed by atoms with E-state index in [1.165, 1.54) is 25.7 Å². The zero-order chi connectivity index (χ0) is 14.4. The Kier molecular flexibility index (Phi) is 5.86. The lowest BCUT2D eigenvalue weighted by Crippen LogP contribution is -2.36. The minimum Gasteiger partial charge on any atom is -0.316 e. The van der Waals surface area contributed by atoms with E-state index in [1.54, 1.807) is 23.9 Å². The van der Waals surface area contributed by atoms with Crippen LogP contribution >= 0.6 is 11.8 Å². The van der Waals surface area contributed by atoms with Gasteiger partial charge in [-0.05, 0) is 26.0 Å². The van der Waals surface area contributed by atoms with Gasteiger partial charge < -0.3 is 5.32 Å². The zero-order valence-corrected chi connectivity index (χ0v) is 12.7. The number of nitro groups is 1. The second-order valence-corrected chi connectivity index (χ2v) is 6.55. The normalized spacial score (nSPS) is 23.9. The minimum absolute atomic E-state index is 0.231. The predicted molar refractivity (Wildman–Crippen MR) is 83.3 cm³/mol. The van der Waals surface area contributed by atoms with Crippen molar-refractivity contribution in [2.24, 2.45) is 0 Å². The summed E-state index contributed by atoms with van der Waals surface area (Å²) in [6.45, 7) is 0. The highest BCUT2D eigenvalue weighted by atomic mass is 32.2. The van der Waals surface area contributed by atoms with Crippen LogP contribution in [0.4, 0.5) is 5.69 Å². The Labute approximate surface area is 124 Å². The Hall–Kier alpha value is -1.07. The van der Waals surface area contributed by atoms with Gasteiger partial charge in [0.25, 0.3) is 5.69 Å². The third-order valence-corrected chi connectivity index (χ3v) is 5.38. The molecule has 1 saturated carbocycles. The average Bonchev–Trinajstić information content (AvgIpc) is 2.42. The number of rotatable bonds is 4. The summed E-state index contributed by atoms with van der Waals surface area (Å²) >= 11 is 1.67. The van der Waals surface area contributed by atoms with Gasteiger partial charge in [0.15, 0.2) is 0 Å². The van der Waals surface area contributed by atoms with Crippen LogP contribution in [-0.2, 0) is 0 Å². The first-order valence-corrected chi connectivity index (χ1v) is 8.17. The molecule has 1 aromatic rings. The van der Waals surface area contributed by atoms with E-state index in [0.717, 1.165) is 17.7 Å². The molecule has 2 unspecified atom stereocenters. The number of para-hydroxylation sites is 1. The Bertz CT molecular complexity index is 453. The van der Waals surface area contributed by atoms with Gasteiger partial charge in [0.1, 0.15) is 0 Å². The van der Waals surface area contributed by atoms with Crippen molar-refractivity contribution in [3.05, 3.63) is 34.4 Å². The van der Waals surface area contributed by atoms with Crippen LogP contribution in [0.3, 0.4) is 0 Å². The SMILES string of the molecule is CNC1CCCCCCC1Sc1ccccc1[N+](=O)[O-]. The summed E-state index contributed by atoms with van der Waals surface area (Å²) in [5.74, 6) is 0. The molecular formula is C15H22N2O2S. The van der Waals surface area contributed by atoms with Crippen molar-refractivity contribution in [3.63, 3.8) is 0 Å². The van der Waals surface area contributed by atoms with Crippen molar-refractivity contribution >= 4 is 17.4 Å². The summed E-state index contributed by atoms with van der Waals surface area (Å²) < 4.78 is 0. The third kappa shape index (κ3) is 3.96. The third-order valence-electron chi connectivity index (χ3n) is 3.91. The molecule has 0 saturated heterocycles. The lowest BCUT2D eigenvalue weighted by molar-refractivity contribution is -0.387. The van der Waals surface area contributed by atoms with Crippen LogP contribution in [0.15, 0.2) is 29.2 Å². The van der Waals surface area contributed by atoms with Crippen molar-refractivity contribution in [3.8, 4) is 0 Å². The number of nitrogens with one attached hydrogen (secondary N) is 1. The molecule has 110 valence electrons. The molecule has 1 aliphatic rings. The van der Waals surface area contributed by atoms with Crippen molar-refractivity contribution in [1.82, 2.24) is 5.32 Å². The van der Waals surface area contributed by atoms with Crippen molar-refractivity contribution < 1.29 is 4.92 Å². The first kappa shape index (κ1) is 15.3. The van der Waals surface area contributed by atoms with E-state index < -0.39 is 0 Å². The van der Waals surface area contributed by atoms with E-state index in [4.69, 9.17) is 0 Å². The maximum Gasteiger partial charge on any atom is 0.282 e. The quantitative estimate of drug-likeness (QED) is 0.673. The number of benzene rings is 1. The van der Waals surface area contributed by atoms with Gasteiger partial charge in [0, 0.05) is 17.4 Å². The van der Waals surface area contributed by atoms with E-state index in [9.17, 15) is 10.1 Å². The molecule has 0 bridgehead atoms. The fourth-order valence-electron chi connectivity index (χ4n) is 2.79. The Morgan fingerprint density at radius 1 is 1.20 bits per heavy atom. The highest BCUT2D eigenvalue weighted by Gasteiger charge is 2.25. The van der Waals surface area contributed by atoms with Crippen molar-refractivity contribution in [1.29, 1.82) is 0 Å². The molecule has 4 nitrogen and oxygen atoms in total. The van der Waals surface area contributed by atoms with Crippen LogP contribution in [0.25, 0.3) is 0 Å². The van der Waals surface area contributed by atoms with E-state index in [0.29, 0.717) is 11.3 Å². The molecule has 20 heavy (non-hydrogen) atoms. The first-order chi connectivity index (χ1) is 9.72. The molecule has 0 heterocycles. The molecule has 0 spiro atoms. The lowest BCUT2D eigenvalue weighted by Gasteiger charge is -2.28. The van der Waals surface area contributed by atoms with Gasteiger partial charge in [0.05, 0.1) is 9.82 Å². The maximum atomic E-state index is 11.1. The van der Waals surface area contributed by atoms with Gasteiger partial charge in [-0.25, -0.2) is 0 Å². The standard InChI is InChI=1S/C15H22N2O2S/c1-16-12-8-4-2-3-5-10-14(12)20-15-11-7-6-9-13(15)17(18)19/h6-7,9,11-12,14,16H,2-5,8,10H2,1H3. The highest BCUT2D eigenvalue weighted by molar-refractivity contribution is 8.00. The molecular weight excluding hydrogens is 272 g/mol. The van der Waals surface area contributed by atoms with E-state index in [2.05, 4.69) is 5.32 Å². The van der Waals surface area contributed by atoms with Crippen LogP contribution in [0.2, 0.25) is 0 Å². The number of thioether (sulfide) groups is 1. The molecule has 1 aromatic carbocycles. The summed E-state index contributed by atoms with van der Waals surface area (Å²) in [6.07, 6.45) is 7.35. The molecule has 2 atom stereocenters. The van der Waals surface area contributed by atoms with Crippen molar-refractivity contribution in [2.45, 2.75) is 54.7 Å². The molecule has 0 aliphatic heterocycles. The smallest absolute Gasteiger partial charge is 0.282 e. The first-order valence-electron chi connectivity index (χ1n) is 7.29. The molecule has 1 fully saturated rings. The molecule has 1 aliphatic carbocycles. The molecule has 1 N–H and O–H groups in total. The van der Waals surface area contributed by atoms with Crippen LogP contribution in [0.1, 0.15) is 38.5 Å². The molecule has 0 radical (unpaired) electrons. The minimum atomic E-state index is -0.278. The molecule has 0 amide bonds. The number of nitro benzene ring substituents is 1. The highest BCUT2D eigenvalue weighted by Crippen LogP contribution is 2.37. The van der Waals surface area contributed by atoms with Gasteiger partial charge in [0.2, 0.25) is 0 Å². The van der Waals surface area contributed by atoms with E-state index >= 15 is 0 Å². The summed E-state index contributed by atoms with van der Waals surface area (Å²) in [4.78, 5) is 11.6. The second-order valence-electron chi connectivity index (χ2n) is 5.27. The van der Waals surface area contributed by atoms with Crippen molar-refractivity contribution in [2.75, 3.05) is 7.05 Å². The monoisotopic (exact) mass is 294 g/mol. The fourth-order valence-corrected chi connectivity index (χ4v) is 4.26. The Balaban J connectivity index is 2.15. The maximum absolute atomic E-state index is 11.1. The van der Waals surface area contributed by atoms with Crippen LogP contribution in [0.5, 0.6) is 0 Å². The Morgan fingerprint density at radius 2 is 1.90 bits per heavy atom. The topological polar surface area (TPSA) is 55.2 Å². The van der Waals surface area contributed by atoms with Gasteiger partial charge in [-0.1, -0.05) is 37.8 Å². The number of hydrogen-bond donors (Lipinski definition) is 1. The van der Waals surface area contributed by atoms with Gasteiger partial charge >= 0.3 is 0 Å². The Morgan fingerprint density at radius 3 is 2.60 bits per heavy atom. The summed E-state index contributed by atoms with van der Waals surface area (Å²) in [6, 6.07) is 7.52. The fraction of sp³-hybridized carbons (Fsp3) is 0.600. The molecule has 0 aromatic heterocycles. The average molecular weight is 294 g/mol. The van der Waals surface area contributed by atoms with Crippen LogP contribution < -0.4 is 5.32 Å². The van der Waals surface area contributed by atoms with Gasteiger partial charge in [-0.2, -0.15) is 0 Å². The van der Waals surface area contributed by atoms with Gasteiger partial charge in [-0.3, -0.25) is 10.1 Å². The molecule has 2 rings (SSSR count). The van der Waals surface area contributed by atoms with E-state index in [1.807, 2.05) is 19.2 Å². The van der Waals surface area contributed by atoms with E-state index in [-0.39, 0.29) is 10.6 Å². The summed E-state index contributed by atoms with van der Waals surface area (Å²) in [5.41, 5.74) is 0.231. The van der Waals surface area contributed by atoms with Gasteiger partial charge in [-0.15, -0.1) is 11.8 Å². The largest absolute Gasteiger partial charge is 0.316 e. The van der Waals surface area contributed by atoms with Crippen LogP contribution in [-0.4, -0.2) is 23.3 Å². The number of hydrogen-bond acceptors (Lipinski definition) is 4. The summed E-state index contributed by atoms with van der Waals surface area (Å²) in [7, 11) is 2.00. The second kappa shape index (κ2) is 7.64. The van der Waals surface area contributed by atoms with Crippen LogP contribution in [0, 0.1) is 10.1 Å². The molecule has 5 heteroatoms. The zero-order valence-electron chi connectivity index (χ0n) is 11.9.